The van der Waals surface area contributed by atoms with Gasteiger partial charge in [-0.2, -0.15) is 0 Å². The zero-order chi connectivity index (χ0) is 10.1. The smallest absolute Gasteiger partial charge is 0.219 e. The van der Waals surface area contributed by atoms with Crippen molar-refractivity contribution in [1.29, 1.82) is 0 Å². The highest BCUT2D eigenvalue weighted by atomic mass is 16.2. The second-order valence-corrected chi connectivity index (χ2v) is 2.84. The Morgan fingerprint density at radius 3 is 3.10 bits per heavy atom. The molecule has 10 heavy (non-hydrogen) atoms. The normalized spacial score (nSPS) is 32.3. The molecule has 1 heterocycles. The molecule has 0 spiro atoms. The van der Waals surface area contributed by atoms with Gasteiger partial charge in [0.2, 0.25) is 5.91 Å². The molecule has 0 aromatic heterocycles. The third-order valence-electron chi connectivity index (χ3n) is 2.06. The van der Waals surface area contributed by atoms with Gasteiger partial charge in [0.05, 0.1) is 0 Å². The van der Waals surface area contributed by atoms with Crippen molar-refractivity contribution in [2.45, 2.75) is 39.1 Å². The van der Waals surface area contributed by atoms with Crippen molar-refractivity contribution >= 4 is 5.91 Å². The van der Waals surface area contributed by atoms with Crippen LogP contribution in [-0.2, 0) is 4.79 Å². The molecular weight excluding hydrogens is 126 g/mol. The van der Waals surface area contributed by atoms with Crippen molar-refractivity contribution in [2.24, 2.45) is 0 Å². The van der Waals surface area contributed by atoms with Gasteiger partial charge in [-0.15, -0.1) is 0 Å². The van der Waals surface area contributed by atoms with Gasteiger partial charge in [0.25, 0.3) is 0 Å². The van der Waals surface area contributed by atoms with Crippen LogP contribution in [0.15, 0.2) is 0 Å². The van der Waals surface area contributed by atoms with Gasteiger partial charge in [-0.25, -0.2) is 0 Å². The molecule has 0 aromatic rings. The molecule has 1 unspecified atom stereocenters. The first-order valence-electron chi connectivity index (χ1n) is 5.24. The second kappa shape index (κ2) is 3.04. The van der Waals surface area contributed by atoms with Crippen LogP contribution in [0.3, 0.4) is 0 Å². The van der Waals surface area contributed by atoms with Gasteiger partial charge in [0, 0.05) is 23.6 Å². The Labute approximate surface area is 66.4 Å². The molecule has 58 valence electrons. The average Bonchev–Trinajstić information content (AvgIpc) is 2.02. The molecule has 0 aliphatic carbocycles. The summed E-state index contributed by atoms with van der Waals surface area (Å²) >= 11 is 0. The molecule has 1 rings (SSSR count). The van der Waals surface area contributed by atoms with Gasteiger partial charge in [-0.1, -0.05) is 0 Å². The first-order chi connectivity index (χ1) is 5.93. The topological polar surface area (TPSA) is 20.3 Å². The Morgan fingerprint density at radius 1 is 1.70 bits per heavy atom. The standard InChI is InChI=1S/C8H15NO/c1-7-5-3-4-6-9(7)8(2)10/h7H,3-6H2,1-2H3/i2D3. The molecule has 1 amide bonds. The summed E-state index contributed by atoms with van der Waals surface area (Å²) in [5, 5.41) is 0. The molecule has 2 nitrogen and oxygen atoms in total. The van der Waals surface area contributed by atoms with Crippen LogP contribution < -0.4 is 0 Å². The van der Waals surface area contributed by atoms with Crippen molar-refractivity contribution in [3.05, 3.63) is 0 Å². The lowest BCUT2D eigenvalue weighted by atomic mass is 10.0. The minimum atomic E-state index is -2.47. The minimum absolute atomic E-state index is 0.0849. The van der Waals surface area contributed by atoms with Gasteiger partial charge >= 0.3 is 0 Å². The number of rotatable bonds is 0. The molecule has 0 radical (unpaired) electrons. The first kappa shape index (κ1) is 4.37. The number of likely N-dealkylation sites (tertiary alicyclic amines) is 1. The van der Waals surface area contributed by atoms with Crippen LogP contribution in [0.5, 0.6) is 0 Å². The van der Waals surface area contributed by atoms with Gasteiger partial charge in [0.15, 0.2) is 0 Å². The highest BCUT2D eigenvalue weighted by molar-refractivity contribution is 5.73. The van der Waals surface area contributed by atoms with Crippen LogP contribution in [0.2, 0.25) is 0 Å². The molecule has 1 aliphatic heterocycles. The van der Waals surface area contributed by atoms with Crippen LogP contribution in [-0.4, -0.2) is 23.4 Å². The highest BCUT2D eigenvalue weighted by Crippen LogP contribution is 2.15. The Bertz CT molecular complexity index is 202. The molecular formula is C8H15NO. The summed E-state index contributed by atoms with van der Waals surface area (Å²) in [6, 6.07) is 0.0849. The first-order valence-corrected chi connectivity index (χ1v) is 3.74. The lowest BCUT2D eigenvalue weighted by Crippen LogP contribution is -2.40. The SMILES string of the molecule is [2H]C([2H])([2H])C(=O)N1CCCCC1C. The van der Waals surface area contributed by atoms with Gasteiger partial charge < -0.3 is 4.90 Å². The average molecular weight is 144 g/mol. The van der Waals surface area contributed by atoms with Crippen LogP contribution in [0.4, 0.5) is 0 Å². The molecule has 1 saturated heterocycles. The fourth-order valence-corrected chi connectivity index (χ4v) is 1.40. The summed E-state index contributed by atoms with van der Waals surface area (Å²) in [6.45, 7) is 0.0345. The Morgan fingerprint density at radius 2 is 2.50 bits per heavy atom. The van der Waals surface area contributed by atoms with E-state index < -0.39 is 12.8 Å². The number of amides is 1. The molecule has 0 saturated carbocycles. The third kappa shape index (κ3) is 1.49. The fourth-order valence-electron chi connectivity index (χ4n) is 1.40. The summed E-state index contributed by atoms with van der Waals surface area (Å²) in [7, 11) is 0. The quantitative estimate of drug-likeness (QED) is 0.503. The molecule has 1 aliphatic rings. The van der Waals surface area contributed by atoms with Crippen molar-refractivity contribution in [2.75, 3.05) is 6.54 Å². The van der Waals surface area contributed by atoms with Gasteiger partial charge in [-0.3, -0.25) is 4.79 Å². The minimum Gasteiger partial charge on any atom is -0.340 e. The molecule has 0 N–H and O–H groups in total. The van der Waals surface area contributed by atoms with Crippen LogP contribution >= 0.6 is 0 Å². The number of piperidine rings is 1. The van der Waals surface area contributed by atoms with Crippen molar-refractivity contribution < 1.29 is 8.91 Å². The maximum absolute atomic E-state index is 11.4. The van der Waals surface area contributed by atoms with Crippen LogP contribution in [0.25, 0.3) is 0 Å². The third-order valence-corrected chi connectivity index (χ3v) is 2.06. The predicted molar refractivity (Wildman–Crippen MR) is 40.7 cm³/mol. The van der Waals surface area contributed by atoms with E-state index >= 15 is 0 Å². The van der Waals surface area contributed by atoms with Crippen molar-refractivity contribution in [3.8, 4) is 0 Å². The Hall–Kier alpha value is -0.530. The summed E-state index contributed by atoms with van der Waals surface area (Å²) in [5.74, 6) is -0.695. The summed E-state index contributed by atoms with van der Waals surface area (Å²) < 4.78 is 21.0. The van der Waals surface area contributed by atoms with E-state index in [0.29, 0.717) is 6.54 Å². The second-order valence-electron chi connectivity index (χ2n) is 2.84. The predicted octanol–water partition coefficient (Wildman–Crippen LogP) is 1.41. The lowest BCUT2D eigenvalue weighted by Gasteiger charge is -2.32. The van der Waals surface area contributed by atoms with Crippen LogP contribution in [0, 0.1) is 0 Å². The zero-order valence-corrected chi connectivity index (χ0v) is 6.26. The Balaban J connectivity index is 2.64. The van der Waals surface area contributed by atoms with Crippen molar-refractivity contribution in [3.63, 3.8) is 0 Å². The summed E-state index contributed by atoms with van der Waals surface area (Å²) in [5.41, 5.74) is 0. The number of hydrogen-bond donors (Lipinski definition) is 0. The number of carbonyl (C=O) groups excluding carboxylic acids is 1. The van der Waals surface area contributed by atoms with Gasteiger partial charge in [0.1, 0.15) is 0 Å². The number of nitrogens with zero attached hydrogens (tertiary/aromatic N) is 1. The summed E-state index contributed by atoms with van der Waals surface area (Å²) in [4.78, 5) is 12.9. The van der Waals surface area contributed by atoms with E-state index in [1.54, 1.807) is 0 Å². The molecule has 1 fully saturated rings. The maximum Gasteiger partial charge on any atom is 0.219 e. The molecule has 1 atom stereocenters. The van der Waals surface area contributed by atoms with Gasteiger partial charge in [-0.05, 0) is 26.2 Å². The molecule has 2 heteroatoms. The van der Waals surface area contributed by atoms with Crippen molar-refractivity contribution in [1.82, 2.24) is 4.90 Å². The molecule has 0 bridgehead atoms. The lowest BCUT2D eigenvalue weighted by molar-refractivity contribution is -0.131. The van der Waals surface area contributed by atoms with E-state index in [1.807, 2.05) is 6.92 Å². The highest BCUT2D eigenvalue weighted by Gasteiger charge is 2.19. The fraction of sp³-hybridized carbons (Fsp3) is 0.875. The largest absolute Gasteiger partial charge is 0.340 e. The van der Waals surface area contributed by atoms with E-state index in [2.05, 4.69) is 0 Å². The number of carbonyl (C=O) groups is 1. The van der Waals surface area contributed by atoms with E-state index in [0.717, 1.165) is 19.3 Å². The monoisotopic (exact) mass is 144 g/mol. The number of hydrogen-bond acceptors (Lipinski definition) is 1. The summed E-state index contributed by atoms with van der Waals surface area (Å²) in [6.07, 6.45) is 2.93. The van der Waals surface area contributed by atoms with E-state index in [9.17, 15) is 4.79 Å². The maximum atomic E-state index is 11.4. The van der Waals surface area contributed by atoms with E-state index in [1.165, 1.54) is 4.90 Å². The van der Waals surface area contributed by atoms with E-state index in [-0.39, 0.29) is 6.04 Å². The van der Waals surface area contributed by atoms with Crippen LogP contribution in [0.1, 0.15) is 37.2 Å². The molecule has 0 aromatic carbocycles. The Kier molecular flexibility index (Phi) is 1.33. The zero-order valence-electron chi connectivity index (χ0n) is 9.26. The van der Waals surface area contributed by atoms with E-state index in [4.69, 9.17) is 4.11 Å².